The number of hydrogen-bond acceptors (Lipinski definition) is 2. The average molecular weight is 162 g/mol. The van der Waals surface area contributed by atoms with Crippen LogP contribution in [0.4, 0.5) is 0 Å². The van der Waals surface area contributed by atoms with Crippen LogP contribution in [-0.2, 0) is 0 Å². The van der Waals surface area contributed by atoms with Gasteiger partial charge in [-0.3, -0.25) is 0 Å². The van der Waals surface area contributed by atoms with Crippen molar-refractivity contribution in [3.8, 4) is 0 Å². The maximum absolute atomic E-state index is 5.35. The van der Waals surface area contributed by atoms with Gasteiger partial charge >= 0.3 is 0 Å². The molecule has 0 aromatic carbocycles. The lowest BCUT2D eigenvalue weighted by molar-refractivity contribution is 0.579. The van der Waals surface area contributed by atoms with Gasteiger partial charge in [-0.1, -0.05) is 7.43 Å². The second-order valence-corrected chi connectivity index (χ2v) is 4.73. The Balaban J connectivity index is -0.000000107. The zero-order valence-electron chi connectivity index (χ0n) is 8.15. The van der Waals surface area contributed by atoms with E-state index in [1.165, 1.54) is 0 Å². The van der Waals surface area contributed by atoms with Crippen LogP contribution in [0.2, 0.25) is 0 Å². The van der Waals surface area contributed by atoms with Crippen LogP contribution < -0.4 is 11.5 Å². The highest BCUT2D eigenvalue weighted by Crippen LogP contribution is 1.88. The average Bonchev–Trinajstić information content (AvgIpc) is 1.12. The fourth-order valence-corrected chi connectivity index (χ4v) is 0. The Morgan fingerprint density at radius 2 is 0.636 bits per heavy atom. The summed E-state index contributed by atoms with van der Waals surface area (Å²) in [6, 6.07) is 0. The normalized spacial score (nSPS) is 10.9. The van der Waals surface area contributed by atoms with Crippen LogP contribution in [0, 0.1) is 0 Å². The molecule has 0 rings (SSSR count). The molecule has 0 bridgehead atoms. The van der Waals surface area contributed by atoms with Crippen molar-refractivity contribution < 1.29 is 0 Å². The molecule has 0 aliphatic carbocycles. The summed E-state index contributed by atoms with van der Waals surface area (Å²) < 4.78 is 0. The molecular weight excluding hydrogens is 136 g/mol. The summed E-state index contributed by atoms with van der Waals surface area (Å²) in [5, 5.41) is 0. The fraction of sp³-hybridized carbons (Fsp3) is 1.00. The smallest absolute Gasteiger partial charge is 0.00686 e. The molecule has 72 valence electrons. The van der Waals surface area contributed by atoms with Gasteiger partial charge < -0.3 is 11.5 Å². The van der Waals surface area contributed by atoms with Crippen molar-refractivity contribution in [2.45, 2.75) is 60.0 Å². The summed E-state index contributed by atoms with van der Waals surface area (Å²) in [5.41, 5.74) is 10.7. The summed E-state index contributed by atoms with van der Waals surface area (Å²) in [4.78, 5) is 0. The minimum absolute atomic E-state index is 0. The zero-order valence-corrected chi connectivity index (χ0v) is 8.15. The molecule has 0 atom stereocenters. The lowest BCUT2D eigenvalue weighted by Crippen LogP contribution is -2.26. The van der Waals surface area contributed by atoms with E-state index in [4.69, 9.17) is 11.5 Å². The molecule has 0 aliphatic heterocycles. The van der Waals surface area contributed by atoms with E-state index in [2.05, 4.69) is 0 Å². The Labute approximate surface area is 72.4 Å². The molecule has 0 fully saturated rings. The van der Waals surface area contributed by atoms with Crippen molar-refractivity contribution in [2.24, 2.45) is 11.5 Å². The van der Waals surface area contributed by atoms with Gasteiger partial charge in [0.05, 0.1) is 0 Å². The van der Waals surface area contributed by atoms with Crippen molar-refractivity contribution in [1.29, 1.82) is 0 Å². The van der Waals surface area contributed by atoms with Gasteiger partial charge in [-0.25, -0.2) is 0 Å². The van der Waals surface area contributed by atoms with Crippen LogP contribution in [0.15, 0.2) is 0 Å². The van der Waals surface area contributed by atoms with E-state index in [1.54, 1.807) is 0 Å². The van der Waals surface area contributed by atoms with Gasteiger partial charge in [0.25, 0.3) is 0 Å². The third-order valence-corrected chi connectivity index (χ3v) is 0. The molecule has 0 unspecified atom stereocenters. The quantitative estimate of drug-likeness (QED) is 0.573. The van der Waals surface area contributed by atoms with Crippen molar-refractivity contribution in [3.63, 3.8) is 0 Å². The van der Waals surface area contributed by atoms with Crippen LogP contribution in [-0.4, -0.2) is 11.1 Å². The van der Waals surface area contributed by atoms with Crippen LogP contribution in [0.25, 0.3) is 0 Å². The van der Waals surface area contributed by atoms with E-state index in [0.29, 0.717) is 0 Å². The van der Waals surface area contributed by atoms with Crippen molar-refractivity contribution in [1.82, 2.24) is 0 Å². The molecular formula is C9H26N2. The predicted octanol–water partition coefficient (Wildman–Crippen LogP) is 2.12. The molecule has 0 saturated heterocycles. The minimum atomic E-state index is 0. The van der Waals surface area contributed by atoms with Crippen molar-refractivity contribution >= 4 is 0 Å². The molecule has 2 nitrogen and oxygen atoms in total. The molecule has 0 radical (unpaired) electrons. The molecule has 0 heterocycles. The van der Waals surface area contributed by atoms with Crippen LogP contribution in [0.3, 0.4) is 0 Å². The maximum Gasteiger partial charge on any atom is 0.00686 e. The van der Waals surface area contributed by atoms with E-state index in [1.807, 2.05) is 41.5 Å². The Bertz CT molecular complexity index is 50.5. The molecule has 0 aromatic heterocycles. The second kappa shape index (κ2) is 5.56. The third-order valence-electron chi connectivity index (χ3n) is 0. The standard InChI is InChI=1S/2C4H11N.CH4/c2*1-4(2,3)5;/h2*5H2,1-3H3;1H4. The predicted molar refractivity (Wildman–Crippen MR) is 54.6 cm³/mol. The zero-order chi connectivity index (χ0) is 9.00. The Kier molecular flexibility index (Phi) is 8.65. The summed E-state index contributed by atoms with van der Waals surface area (Å²) in [6.45, 7) is 11.8. The van der Waals surface area contributed by atoms with Crippen molar-refractivity contribution in [3.05, 3.63) is 0 Å². The highest BCUT2D eigenvalue weighted by Gasteiger charge is 1.95. The Morgan fingerprint density at radius 1 is 0.636 bits per heavy atom. The van der Waals surface area contributed by atoms with Crippen molar-refractivity contribution in [2.75, 3.05) is 0 Å². The molecule has 0 aliphatic rings. The Morgan fingerprint density at radius 3 is 0.636 bits per heavy atom. The first-order valence-electron chi connectivity index (χ1n) is 3.58. The molecule has 4 N–H and O–H groups in total. The molecule has 0 saturated carbocycles. The third kappa shape index (κ3) is 97200. The fourth-order valence-electron chi connectivity index (χ4n) is 0. The van der Waals surface area contributed by atoms with Gasteiger partial charge in [0.1, 0.15) is 0 Å². The summed E-state index contributed by atoms with van der Waals surface area (Å²) >= 11 is 0. The highest BCUT2D eigenvalue weighted by molar-refractivity contribution is 4.60. The monoisotopic (exact) mass is 162 g/mol. The SMILES string of the molecule is C.CC(C)(C)N.CC(C)(C)N. The van der Waals surface area contributed by atoms with E-state index in [9.17, 15) is 0 Å². The maximum atomic E-state index is 5.35. The summed E-state index contributed by atoms with van der Waals surface area (Å²) in [6.07, 6.45) is 0. The molecule has 11 heavy (non-hydrogen) atoms. The Hall–Kier alpha value is -0.0800. The highest BCUT2D eigenvalue weighted by atomic mass is 14.7. The molecule has 0 spiro atoms. The summed E-state index contributed by atoms with van der Waals surface area (Å²) in [7, 11) is 0. The van der Waals surface area contributed by atoms with Crippen LogP contribution in [0.1, 0.15) is 49.0 Å². The lowest BCUT2D eigenvalue weighted by Gasteiger charge is -2.06. The number of rotatable bonds is 0. The molecule has 2 heteroatoms. The lowest BCUT2D eigenvalue weighted by atomic mass is 10.1. The van der Waals surface area contributed by atoms with Gasteiger partial charge in [0.2, 0.25) is 0 Å². The minimum Gasteiger partial charge on any atom is -0.326 e. The van der Waals surface area contributed by atoms with Crippen LogP contribution in [0.5, 0.6) is 0 Å². The van der Waals surface area contributed by atoms with E-state index in [-0.39, 0.29) is 18.5 Å². The number of nitrogens with two attached hydrogens (primary N) is 2. The molecule has 0 amide bonds. The first-order chi connectivity index (χ1) is 4.00. The number of hydrogen-bond donors (Lipinski definition) is 2. The van der Waals surface area contributed by atoms with Gasteiger partial charge in [-0.05, 0) is 41.5 Å². The van der Waals surface area contributed by atoms with Gasteiger partial charge in [-0.15, -0.1) is 0 Å². The van der Waals surface area contributed by atoms with Crippen LogP contribution >= 0.6 is 0 Å². The van der Waals surface area contributed by atoms with Gasteiger partial charge in [-0.2, -0.15) is 0 Å². The van der Waals surface area contributed by atoms with E-state index in [0.717, 1.165) is 0 Å². The molecule has 0 aromatic rings. The largest absolute Gasteiger partial charge is 0.326 e. The first kappa shape index (κ1) is 17.1. The van der Waals surface area contributed by atoms with E-state index >= 15 is 0 Å². The topological polar surface area (TPSA) is 52.0 Å². The van der Waals surface area contributed by atoms with E-state index < -0.39 is 0 Å². The summed E-state index contributed by atoms with van der Waals surface area (Å²) in [5.74, 6) is 0. The van der Waals surface area contributed by atoms with Gasteiger partial charge in [0, 0.05) is 11.1 Å². The first-order valence-corrected chi connectivity index (χ1v) is 3.58. The second-order valence-electron chi connectivity index (χ2n) is 4.73. The van der Waals surface area contributed by atoms with Gasteiger partial charge in [0.15, 0.2) is 0 Å².